The minimum absolute atomic E-state index is 0.787. The maximum atomic E-state index is 6.57. The average Bonchev–Trinajstić information content (AvgIpc) is 2.99. The minimum Gasteiger partial charge on any atom is -0.502 e. The molecule has 0 saturated heterocycles. The van der Waals surface area contributed by atoms with E-state index in [2.05, 4.69) is 105 Å². The van der Waals surface area contributed by atoms with Crippen LogP contribution in [0.5, 0.6) is 5.75 Å². The van der Waals surface area contributed by atoms with E-state index in [1.807, 2.05) is 18.7 Å². The molecule has 3 aromatic carbocycles. The monoisotopic (exact) mass is 479 g/mol. The lowest BCUT2D eigenvalue weighted by molar-refractivity contribution is 0.266. The maximum absolute atomic E-state index is 6.57. The van der Waals surface area contributed by atoms with Crippen molar-refractivity contribution < 1.29 is 12.7 Å². The van der Waals surface area contributed by atoms with Crippen molar-refractivity contribution >= 4 is 47.2 Å². The molecule has 0 aliphatic heterocycles. The second-order valence-electron chi connectivity index (χ2n) is 10.3. The Morgan fingerprint density at radius 1 is 0.594 bits per heavy atom. The fraction of sp³-hybridized carbons (Fsp3) is 0.280. The second kappa shape index (κ2) is 8.31. The summed E-state index contributed by atoms with van der Waals surface area (Å²) in [5.74, 6) is 0.787. The first-order valence-electron chi connectivity index (χ1n) is 11.1. The predicted molar refractivity (Wildman–Crippen MR) is 142 cm³/mol. The summed E-state index contributed by atoms with van der Waals surface area (Å²) in [5.41, 5.74) is 3.43. The van der Waals surface area contributed by atoms with Crippen molar-refractivity contribution in [1.29, 1.82) is 0 Å². The highest BCUT2D eigenvalue weighted by atomic mass is 28.5. The molecule has 0 saturated carbocycles. The Kier molecular flexibility index (Phi) is 5.98. The van der Waals surface area contributed by atoms with Crippen molar-refractivity contribution in [3.8, 4) is 11.4 Å². The molecule has 32 heavy (non-hydrogen) atoms. The van der Waals surface area contributed by atoms with E-state index in [1.54, 1.807) is 0 Å². The molecule has 4 aromatic rings. The first kappa shape index (κ1) is 23.0. The van der Waals surface area contributed by atoms with Crippen LogP contribution in [0, 0.1) is 0 Å². The fourth-order valence-electron chi connectivity index (χ4n) is 4.28. The average molecular weight is 480 g/mol. The lowest BCUT2D eigenvalue weighted by Gasteiger charge is -2.37. The van der Waals surface area contributed by atoms with Gasteiger partial charge in [0, 0.05) is 29.1 Å². The SMILES string of the molecule is C[Si](C)(C)O[Si](C)(Oc1cccc(-n2c3ccccc3c3ccccc32)c1)O[Si](C)(C)C. The quantitative estimate of drug-likeness (QED) is 0.258. The van der Waals surface area contributed by atoms with E-state index in [1.165, 1.54) is 21.8 Å². The van der Waals surface area contributed by atoms with Crippen LogP contribution in [0.1, 0.15) is 0 Å². The van der Waals surface area contributed by atoms with E-state index < -0.39 is 25.4 Å². The van der Waals surface area contributed by atoms with Crippen LogP contribution in [0.3, 0.4) is 0 Å². The molecule has 1 heterocycles. The summed E-state index contributed by atoms with van der Waals surface area (Å²) in [6.07, 6.45) is 0. The molecular weight excluding hydrogens is 447 g/mol. The maximum Gasteiger partial charge on any atom is 0.541 e. The van der Waals surface area contributed by atoms with Gasteiger partial charge >= 0.3 is 8.80 Å². The van der Waals surface area contributed by atoms with E-state index in [0.717, 1.165) is 11.4 Å². The highest BCUT2D eigenvalue weighted by molar-refractivity contribution is 6.85. The third-order valence-corrected chi connectivity index (χ3v) is 13.4. The van der Waals surface area contributed by atoms with Gasteiger partial charge < -0.3 is 17.2 Å². The molecule has 0 fully saturated rings. The summed E-state index contributed by atoms with van der Waals surface area (Å²) in [6, 6.07) is 25.4. The number of para-hydroxylation sites is 2. The van der Waals surface area contributed by atoms with Crippen molar-refractivity contribution in [1.82, 2.24) is 4.57 Å². The zero-order valence-corrected chi connectivity index (χ0v) is 23.1. The van der Waals surface area contributed by atoms with Gasteiger partial charge in [0.05, 0.1) is 11.0 Å². The van der Waals surface area contributed by atoms with Gasteiger partial charge in [-0.05, 0) is 63.5 Å². The van der Waals surface area contributed by atoms with Crippen LogP contribution >= 0.6 is 0 Å². The first-order valence-corrected chi connectivity index (χ1v) is 20.2. The van der Waals surface area contributed by atoms with Crippen LogP contribution in [0.2, 0.25) is 45.8 Å². The largest absolute Gasteiger partial charge is 0.541 e. The molecule has 1 aromatic heterocycles. The molecule has 0 atom stereocenters. The molecule has 0 spiro atoms. The molecule has 0 N–H and O–H groups in total. The number of benzene rings is 3. The molecule has 0 radical (unpaired) electrons. The summed E-state index contributed by atoms with van der Waals surface area (Å²) in [5, 5.41) is 2.50. The molecule has 168 valence electrons. The molecule has 0 aliphatic carbocycles. The van der Waals surface area contributed by atoms with Crippen molar-refractivity contribution in [2.75, 3.05) is 0 Å². The van der Waals surface area contributed by atoms with Gasteiger partial charge in [0.1, 0.15) is 5.75 Å². The van der Waals surface area contributed by atoms with Gasteiger partial charge in [-0.2, -0.15) is 0 Å². The van der Waals surface area contributed by atoms with Gasteiger partial charge in [-0.1, -0.05) is 42.5 Å². The summed E-state index contributed by atoms with van der Waals surface area (Å²) < 4.78 is 21.9. The molecular formula is C25H33NO3Si3. The molecule has 0 amide bonds. The zero-order chi connectivity index (χ0) is 23.1. The Labute approximate surface area is 194 Å². The second-order valence-corrected chi connectivity index (χ2v) is 22.3. The predicted octanol–water partition coefficient (Wildman–Crippen LogP) is 7.43. The molecule has 4 nitrogen and oxygen atoms in total. The molecule has 4 rings (SSSR count). The number of rotatable bonds is 7. The first-order chi connectivity index (χ1) is 14.9. The van der Waals surface area contributed by atoms with E-state index >= 15 is 0 Å². The third kappa shape index (κ3) is 5.08. The summed E-state index contributed by atoms with van der Waals surface area (Å²) in [4.78, 5) is 0. The molecule has 0 unspecified atom stereocenters. The van der Waals surface area contributed by atoms with Crippen LogP contribution in [0.25, 0.3) is 27.5 Å². The van der Waals surface area contributed by atoms with Gasteiger partial charge in [0.15, 0.2) is 16.6 Å². The number of fused-ring (bicyclic) bond motifs is 3. The van der Waals surface area contributed by atoms with Crippen molar-refractivity contribution in [3.05, 3.63) is 72.8 Å². The van der Waals surface area contributed by atoms with Gasteiger partial charge in [-0.25, -0.2) is 0 Å². The Balaban J connectivity index is 1.79. The van der Waals surface area contributed by atoms with Crippen LogP contribution in [0.15, 0.2) is 72.8 Å². The third-order valence-electron chi connectivity index (χ3n) is 4.94. The van der Waals surface area contributed by atoms with Gasteiger partial charge in [-0.15, -0.1) is 0 Å². The molecule has 0 aliphatic rings. The van der Waals surface area contributed by atoms with Crippen LogP contribution in [-0.4, -0.2) is 30.0 Å². The van der Waals surface area contributed by atoms with Crippen molar-refractivity contribution in [3.63, 3.8) is 0 Å². The Hall–Kier alpha value is -2.17. The fourth-order valence-corrected chi connectivity index (χ4v) is 14.6. The normalized spacial score (nSPS) is 13.1. The van der Waals surface area contributed by atoms with E-state index in [0.29, 0.717) is 0 Å². The van der Waals surface area contributed by atoms with E-state index in [9.17, 15) is 0 Å². The van der Waals surface area contributed by atoms with Gasteiger partial charge in [-0.3, -0.25) is 0 Å². The summed E-state index contributed by atoms with van der Waals surface area (Å²) in [6.45, 7) is 15.1. The van der Waals surface area contributed by atoms with Crippen LogP contribution in [0.4, 0.5) is 0 Å². The smallest absolute Gasteiger partial charge is 0.502 e. The lowest BCUT2D eigenvalue weighted by Crippen LogP contribution is -2.56. The summed E-state index contributed by atoms with van der Waals surface area (Å²) >= 11 is 0. The number of hydrogen-bond donors (Lipinski definition) is 0. The topological polar surface area (TPSA) is 32.6 Å². The van der Waals surface area contributed by atoms with Gasteiger partial charge in [0.25, 0.3) is 0 Å². The Morgan fingerprint density at radius 2 is 1.09 bits per heavy atom. The molecule has 7 heteroatoms. The molecule has 0 bridgehead atoms. The Morgan fingerprint density at radius 3 is 1.59 bits per heavy atom. The van der Waals surface area contributed by atoms with Crippen LogP contribution in [-0.2, 0) is 8.23 Å². The van der Waals surface area contributed by atoms with E-state index in [4.69, 9.17) is 12.7 Å². The van der Waals surface area contributed by atoms with Crippen LogP contribution < -0.4 is 4.43 Å². The number of hydrogen-bond acceptors (Lipinski definition) is 3. The zero-order valence-electron chi connectivity index (χ0n) is 20.1. The number of nitrogens with zero attached hydrogens (tertiary/aromatic N) is 1. The lowest BCUT2D eigenvalue weighted by atomic mass is 10.2. The summed E-state index contributed by atoms with van der Waals surface area (Å²) in [7, 11) is -6.58. The van der Waals surface area contributed by atoms with Gasteiger partial charge in [0.2, 0.25) is 0 Å². The Bertz CT molecular complexity index is 1190. The minimum atomic E-state index is -2.86. The standard InChI is InChI=1S/C25H33NO3Si3/c1-30(2,3)28-32(7,29-31(4,5)6)27-21-14-12-13-20(19-21)26-24-17-10-8-15-22(24)23-16-9-11-18-25(23)26/h8-19H,1-7H3. The van der Waals surface area contributed by atoms with Crippen molar-refractivity contribution in [2.24, 2.45) is 0 Å². The highest BCUT2D eigenvalue weighted by Crippen LogP contribution is 2.33. The van der Waals surface area contributed by atoms with E-state index in [-0.39, 0.29) is 0 Å². The van der Waals surface area contributed by atoms with Crippen molar-refractivity contribution in [2.45, 2.75) is 45.8 Å². The highest BCUT2D eigenvalue weighted by Gasteiger charge is 2.45. The number of aromatic nitrogens is 1.